The van der Waals surface area contributed by atoms with Crippen molar-refractivity contribution in [2.75, 3.05) is 13.1 Å². The maximum atomic E-state index is 12.4. The molecule has 1 fully saturated rings. The maximum absolute atomic E-state index is 12.4. The molecule has 1 aliphatic rings. The van der Waals surface area contributed by atoms with Crippen molar-refractivity contribution in [2.45, 2.75) is 23.8 Å². The lowest BCUT2D eigenvalue weighted by Crippen LogP contribution is -2.49. The van der Waals surface area contributed by atoms with Crippen molar-refractivity contribution in [3.63, 3.8) is 0 Å². The molecule has 1 saturated heterocycles. The molecule has 23 heavy (non-hydrogen) atoms. The number of carbonyl (C=O) groups is 1. The average Bonchev–Trinajstić information content (AvgIpc) is 3.09. The molecule has 9 heteroatoms. The number of hydrogen-bond donors (Lipinski definition) is 2. The molecule has 0 radical (unpaired) electrons. The van der Waals surface area contributed by atoms with E-state index in [9.17, 15) is 13.2 Å². The van der Waals surface area contributed by atoms with Gasteiger partial charge < -0.3 is 4.90 Å². The summed E-state index contributed by atoms with van der Waals surface area (Å²) in [5, 5.41) is 9.80. The molecule has 1 aromatic heterocycles. The number of rotatable bonds is 4. The molecule has 0 aliphatic carbocycles. The average molecular weight is 335 g/mol. The molecule has 2 N–H and O–H groups in total. The number of likely N-dealkylation sites (tertiary alicyclic amines) is 1. The highest BCUT2D eigenvalue weighted by atomic mass is 32.2. The highest BCUT2D eigenvalue weighted by Gasteiger charge is 2.28. The number of nitrogens with zero attached hydrogens (tertiary/aromatic N) is 3. The minimum Gasteiger partial charge on any atom is -0.336 e. The Hall–Kier alpha value is -2.26. The Morgan fingerprint density at radius 1 is 1.30 bits per heavy atom. The third kappa shape index (κ3) is 3.57. The molecule has 3 rings (SSSR count). The van der Waals surface area contributed by atoms with E-state index in [1.807, 2.05) is 0 Å². The van der Waals surface area contributed by atoms with E-state index in [2.05, 4.69) is 20.1 Å². The number of hydrogen-bond acceptors (Lipinski definition) is 5. The molecule has 122 valence electrons. The second-order valence-electron chi connectivity index (χ2n) is 5.38. The number of benzene rings is 1. The van der Waals surface area contributed by atoms with E-state index in [-0.39, 0.29) is 22.5 Å². The summed E-state index contributed by atoms with van der Waals surface area (Å²) in [5.74, 6) is -0.248. The molecule has 1 aliphatic heterocycles. The first-order valence-corrected chi connectivity index (χ1v) is 8.77. The minimum atomic E-state index is -3.58. The Kier molecular flexibility index (Phi) is 4.39. The Morgan fingerprint density at radius 3 is 2.78 bits per heavy atom. The van der Waals surface area contributed by atoms with Gasteiger partial charge in [0.1, 0.15) is 0 Å². The van der Waals surface area contributed by atoms with Crippen LogP contribution in [-0.2, 0) is 10.0 Å². The summed E-state index contributed by atoms with van der Waals surface area (Å²) >= 11 is 0. The van der Waals surface area contributed by atoms with E-state index in [4.69, 9.17) is 0 Å². The third-order valence-corrected chi connectivity index (χ3v) is 5.25. The largest absolute Gasteiger partial charge is 0.336 e. The van der Waals surface area contributed by atoms with Crippen molar-refractivity contribution < 1.29 is 13.2 Å². The molecule has 0 bridgehead atoms. The van der Waals surface area contributed by atoms with E-state index < -0.39 is 10.0 Å². The normalized spacial score (nSPS) is 18.8. The van der Waals surface area contributed by atoms with E-state index in [0.717, 1.165) is 6.42 Å². The molecule has 0 saturated carbocycles. The smallest absolute Gasteiger partial charge is 0.276 e. The van der Waals surface area contributed by atoms with E-state index >= 15 is 0 Å². The van der Waals surface area contributed by atoms with E-state index in [1.54, 1.807) is 35.2 Å². The first kappa shape index (κ1) is 15.6. The molecule has 1 atom stereocenters. The van der Waals surface area contributed by atoms with Crippen LogP contribution in [0.1, 0.15) is 23.3 Å². The predicted octanol–water partition coefficient (Wildman–Crippen LogP) is 0.388. The summed E-state index contributed by atoms with van der Waals surface area (Å²) in [7, 11) is -3.58. The molecule has 0 spiro atoms. The SMILES string of the molecule is O=C(c1cn[nH]n1)N1CCC[C@H](NS(=O)(=O)c2ccccc2)C1. The zero-order valence-corrected chi connectivity index (χ0v) is 13.2. The number of H-pyrrole nitrogens is 1. The molecule has 1 aromatic carbocycles. The summed E-state index contributed by atoms with van der Waals surface area (Å²) < 4.78 is 27.4. The van der Waals surface area contributed by atoms with Crippen LogP contribution >= 0.6 is 0 Å². The number of nitrogens with one attached hydrogen (secondary N) is 2. The minimum absolute atomic E-state index is 0.222. The lowest BCUT2D eigenvalue weighted by molar-refractivity contribution is 0.0697. The van der Waals surface area contributed by atoms with E-state index in [0.29, 0.717) is 19.5 Å². The standard InChI is InChI=1S/C14H17N5O3S/c20-14(13-9-15-18-16-13)19-8-4-5-11(10-19)17-23(21,22)12-6-2-1-3-7-12/h1-3,6-7,9,11,17H,4-5,8,10H2,(H,15,16,18)/t11-/m0/s1. The van der Waals surface area contributed by atoms with Gasteiger partial charge in [-0.1, -0.05) is 18.2 Å². The predicted molar refractivity (Wildman–Crippen MR) is 82.1 cm³/mol. The summed E-state index contributed by atoms with van der Waals surface area (Å²) in [6.45, 7) is 0.896. The Morgan fingerprint density at radius 2 is 2.09 bits per heavy atom. The fourth-order valence-electron chi connectivity index (χ4n) is 2.61. The number of aromatic nitrogens is 3. The highest BCUT2D eigenvalue weighted by Crippen LogP contribution is 2.16. The molecule has 8 nitrogen and oxygen atoms in total. The summed E-state index contributed by atoms with van der Waals surface area (Å²) in [5.41, 5.74) is 0.233. The van der Waals surface area contributed by atoms with Crippen molar-refractivity contribution in [1.82, 2.24) is 25.0 Å². The van der Waals surface area contributed by atoms with Gasteiger partial charge in [-0.2, -0.15) is 15.4 Å². The van der Waals surface area contributed by atoms with Crippen LogP contribution in [0.25, 0.3) is 0 Å². The molecule has 2 heterocycles. The van der Waals surface area contributed by atoms with Gasteiger partial charge in [0, 0.05) is 19.1 Å². The van der Waals surface area contributed by atoms with Crippen molar-refractivity contribution in [1.29, 1.82) is 0 Å². The van der Waals surface area contributed by atoms with Gasteiger partial charge in [0.15, 0.2) is 5.69 Å². The van der Waals surface area contributed by atoms with Crippen LogP contribution in [0.5, 0.6) is 0 Å². The summed E-state index contributed by atoms with van der Waals surface area (Å²) in [6, 6.07) is 7.89. The number of aromatic amines is 1. The van der Waals surface area contributed by atoms with Crippen molar-refractivity contribution in [3.8, 4) is 0 Å². The fourth-order valence-corrected chi connectivity index (χ4v) is 3.89. The fraction of sp³-hybridized carbons (Fsp3) is 0.357. The lowest BCUT2D eigenvalue weighted by Gasteiger charge is -2.32. The van der Waals surface area contributed by atoms with Crippen LogP contribution in [-0.4, -0.2) is 53.8 Å². The number of carbonyl (C=O) groups excluding carboxylic acids is 1. The number of piperidine rings is 1. The van der Waals surface area contributed by atoms with Crippen LogP contribution in [0.3, 0.4) is 0 Å². The third-order valence-electron chi connectivity index (χ3n) is 3.72. The Labute approximate surface area is 133 Å². The van der Waals surface area contributed by atoms with Crippen LogP contribution in [0.4, 0.5) is 0 Å². The van der Waals surface area contributed by atoms with Crippen molar-refractivity contribution >= 4 is 15.9 Å². The second kappa shape index (κ2) is 6.47. The van der Waals surface area contributed by atoms with Crippen LogP contribution in [0, 0.1) is 0 Å². The highest BCUT2D eigenvalue weighted by molar-refractivity contribution is 7.89. The van der Waals surface area contributed by atoms with Crippen molar-refractivity contribution in [3.05, 3.63) is 42.2 Å². The van der Waals surface area contributed by atoms with E-state index in [1.165, 1.54) is 6.20 Å². The summed E-state index contributed by atoms with van der Waals surface area (Å²) in [4.78, 5) is 14.1. The van der Waals surface area contributed by atoms with Gasteiger partial charge >= 0.3 is 0 Å². The number of amides is 1. The first-order valence-electron chi connectivity index (χ1n) is 7.29. The van der Waals surface area contributed by atoms with Crippen LogP contribution < -0.4 is 4.72 Å². The number of sulfonamides is 1. The Bertz CT molecular complexity index is 761. The quantitative estimate of drug-likeness (QED) is 0.840. The van der Waals surface area contributed by atoms with Gasteiger partial charge in [-0.3, -0.25) is 4.79 Å². The van der Waals surface area contributed by atoms with Gasteiger partial charge in [0.25, 0.3) is 5.91 Å². The van der Waals surface area contributed by atoms with Gasteiger partial charge in [-0.25, -0.2) is 13.1 Å². The van der Waals surface area contributed by atoms with Gasteiger partial charge in [-0.05, 0) is 25.0 Å². The van der Waals surface area contributed by atoms with Crippen LogP contribution in [0.2, 0.25) is 0 Å². The molecule has 2 aromatic rings. The second-order valence-corrected chi connectivity index (χ2v) is 7.09. The zero-order chi connectivity index (χ0) is 16.3. The first-order chi connectivity index (χ1) is 11.1. The monoisotopic (exact) mass is 335 g/mol. The maximum Gasteiger partial charge on any atom is 0.276 e. The molecule has 1 amide bonds. The molecule has 0 unspecified atom stereocenters. The Balaban J connectivity index is 1.68. The summed E-state index contributed by atoms with van der Waals surface area (Å²) in [6.07, 6.45) is 2.78. The molecular formula is C14H17N5O3S. The topological polar surface area (TPSA) is 108 Å². The van der Waals surface area contributed by atoms with Gasteiger partial charge in [0.05, 0.1) is 11.1 Å². The van der Waals surface area contributed by atoms with Crippen molar-refractivity contribution in [2.24, 2.45) is 0 Å². The zero-order valence-electron chi connectivity index (χ0n) is 12.3. The van der Waals surface area contributed by atoms with Gasteiger partial charge in [0.2, 0.25) is 10.0 Å². The molecular weight excluding hydrogens is 318 g/mol. The van der Waals surface area contributed by atoms with Gasteiger partial charge in [-0.15, -0.1) is 0 Å². The lowest BCUT2D eigenvalue weighted by atomic mass is 10.1. The van der Waals surface area contributed by atoms with Crippen LogP contribution in [0.15, 0.2) is 41.4 Å².